The van der Waals surface area contributed by atoms with Gasteiger partial charge in [0.05, 0.1) is 37.4 Å². The lowest BCUT2D eigenvalue weighted by Crippen LogP contribution is -2.50. The van der Waals surface area contributed by atoms with Crippen molar-refractivity contribution in [2.24, 2.45) is 0 Å². The minimum Gasteiger partial charge on any atom is -0.493 e. The SMILES string of the molecule is CCCCCCOc1ccccc1C(=O)Nc1ccc(C(=O)OCC[N+](CC)(CC)CCC)cc1. The van der Waals surface area contributed by atoms with Crippen LogP contribution in [0.4, 0.5) is 5.69 Å². The van der Waals surface area contributed by atoms with Gasteiger partial charge in [-0.05, 0) is 63.1 Å². The molecular formula is C29H43N2O4+. The quantitative estimate of drug-likeness (QED) is 0.172. The number of quaternary nitrogens is 1. The molecule has 0 radical (unpaired) electrons. The number of carbonyl (C=O) groups is 2. The summed E-state index contributed by atoms with van der Waals surface area (Å²) in [6.07, 6.45) is 5.56. The van der Waals surface area contributed by atoms with Gasteiger partial charge >= 0.3 is 5.97 Å². The topological polar surface area (TPSA) is 64.6 Å². The fourth-order valence-corrected chi connectivity index (χ4v) is 4.24. The molecule has 0 saturated carbocycles. The minimum atomic E-state index is -0.341. The van der Waals surface area contributed by atoms with Crippen LogP contribution in [-0.4, -0.2) is 55.8 Å². The van der Waals surface area contributed by atoms with Crippen molar-refractivity contribution in [3.05, 3.63) is 59.7 Å². The van der Waals surface area contributed by atoms with Crippen molar-refractivity contribution in [1.82, 2.24) is 0 Å². The van der Waals surface area contributed by atoms with E-state index in [2.05, 4.69) is 33.0 Å². The lowest BCUT2D eigenvalue weighted by molar-refractivity contribution is -0.925. The van der Waals surface area contributed by atoms with Gasteiger partial charge < -0.3 is 19.3 Å². The Morgan fingerprint density at radius 3 is 2.17 bits per heavy atom. The van der Waals surface area contributed by atoms with Crippen molar-refractivity contribution < 1.29 is 23.5 Å². The zero-order chi connectivity index (χ0) is 25.5. The van der Waals surface area contributed by atoms with E-state index in [4.69, 9.17) is 9.47 Å². The van der Waals surface area contributed by atoms with Crippen LogP contribution in [-0.2, 0) is 4.74 Å². The predicted molar refractivity (Wildman–Crippen MR) is 142 cm³/mol. The van der Waals surface area contributed by atoms with Crippen molar-refractivity contribution in [3.63, 3.8) is 0 Å². The molecule has 0 aliphatic carbocycles. The third-order valence-electron chi connectivity index (χ3n) is 6.60. The number of anilines is 1. The first-order chi connectivity index (χ1) is 17.0. The first-order valence-corrected chi connectivity index (χ1v) is 13.1. The van der Waals surface area contributed by atoms with Crippen LogP contribution in [0.15, 0.2) is 48.5 Å². The molecule has 0 heterocycles. The van der Waals surface area contributed by atoms with E-state index >= 15 is 0 Å². The maximum atomic E-state index is 12.8. The summed E-state index contributed by atoms with van der Waals surface area (Å²) in [5.41, 5.74) is 1.58. The molecule has 6 nitrogen and oxygen atoms in total. The third kappa shape index (κ3) is 9.02. The molecule has 1 amide bonds. The number of rotatable bonds is 16. The minimum absolute atomic E-state index is 0.242. The number of benzene rings is 2. The molecule has 2 aromatic carbocycles. The number of esters is 1. The smallest absolute Gasteiger partial charge is 0.338 e. The van der Waals surface area contributed by atoms with Crippen molar-refractivity contribution in [1.29, 1.82) is 0 Å². The normalized spacial score (nSPS) is 11.2. The predicted octanol–water partition coefficient (Wildman–Crippen LogP) is 6.32. The Hall–Kier alpha value is -2.86. The average Bonchev–Trinajstić information content (AvgIpc) is 2.88. The Morgan fingerprint density at radius 2 is 1.51 bits per heavy atom. The molecule has 0 aromatic heterocycles. The number of hydrogen-bond acceptors (Lipinski definition) is 4. The van der Waals surface area contributed by atoms with Gasteiger partial charge in [-0.3, -0.25) is 4.79 Å². The molecule has 1 N–H and O–H groups in total. The van der Waals surface area contributed by atoms with Crippen molar-refractivity contribution in [3.8, 4) is 5.75 Å². The Labute approximate surface area is 211 Å². The monoisotopic (exact) mass is 483 g/mol. The number of nitrogens with one attached hydrogen (secondary N) is 1. The second-order valence-corrected chi connectivity index (χ2v) is 8.99. The average molecular weight is 484 g/mol. The van der Waals surface area contributed by atoms with Gasteiger partial charge in [-0.25, -0.2) is 4.79 Å². The van der Waals surface area contributed by atoms with E-state index < -0.39 is 0 Å². The lowest BCUT2D eigenvalue weighted by Gasteiger charge is -2.36. The molecule has 2 rings (SSSR count). The van der Waals surface area contributed by atoms with Crippen LogP contribution >= 0.6 is 0 Å². The number of unbranched alkanes of at least 4 members (excludes halogenated alkanes) is 3. The molecule has 0 unspecified atom stereocenters. The van der Waals surface area contributed by atoms with Crippen molar-refractivity contribution in [2.75, 3.05) is 44.7 Å². The number of carbonyl (C=O) groups excluding carboxylic acids is 2. The molecule has 0 bridgehead atoms. The summed E-state index contributed by atoms with van der Waals surface area (Å²) in [7, 11) is 0. The highest BCUT2D eigenvalue weighted by atomic mass is 16.5. The highest BCUT2D eigenvalue weighted by Crippen LogP contribution is 2.21. The Bertz CT molecular complexity index is 907. The molecule has 35 heavy (non-hydrogen) atoms. The number of ether oxygens (including phenoxy) is 2. The summed E-state index contributed by atoms with van der Waals surface area (Å²) in [5.74, 6) is -0.00134. The molecule has 0 saturated heterocycles. The standard InChI is InChI=1S/C29H42N2O4/c1-5-9-10-13-22-34-27-15-12-11-14-26(27)28(32)30-25-18-16-24(17-19-25)29(33)35-23-21-31(7-3,8-4)20-6-2/h11-12,14-19H,5-10,13,20-23H2,1-4H3/p+1. The summed E-state index contributed by atoms with van der Waals surface area (Å²) in [5, 5.41) is 2.89. The summed E-state index contributed by atoms with van der Waals surface area (Å²) >= 11 is 0. The lowest BCUT2D eigenvalue weighted by atomic mass is 10.1. The van der Waals surface area contributed by atoms with E-state index in [1.807, 2.05) is 18.2 Å². The van der Waals surface area contributed by atoms with Crippen LogP contribution in [0.2, 0.25) is 0 Å². The number of hydrogen-bond donors (Lipinski definition) is 1. The highest BCUT2D eigenvalue weighted by Gasteiger charge is 2.22. The highest BCUT2D eigenvalue weighted by molar-refractivity contribution is 6.06. The Balaban J connectivity index is 1.91. The Kier molecular flexibility index (Phi) is 12.3. The van der Waals surface area contributed by atoms with Gasteiger partial charge in [-0.1, -0.05) is 45.2 Å². The maximum Gasteiger partial charge on any atom is 0.338 e. The molecule has 0 atom stereocenters. The van der Waals surface area contributed by atoms with E-state index in [0.717, 1.165) is 49.9 Å². The van der Waals surface area contributed by atoms with E-state index in [1.165, 1.54) is 12.8 Å². The number of likely N-dealkylation sites (N-methyl/N-ethyl adjacent to an activating group) is 1. The van der Waals surface area contributed by atoms with Gasteiger partial charge in [0.15, 0.2) is 0 Å². The van der Waals surface area contributed by atoms with E-state index in [0.29, 0.717) is 35.8 Å². The van der Waals surface area contributed by atoms with E-state index in [9.17, 15) is 9.59 Å². The summed E-state index contributed by atoms with van der Waals surface area (Å²) < 4.78 is 12.4. The zero-order valence-electron chi connectivity index (χ0n) is 22.0. The number of amides is 1. The number of para-hydroxylation sites is 1. The molecule has 0 fully saturated rings. The van der Waals surface area contributed by atoms with Gasteiger partial charge in [0.25, 0.3) is 5.91 Å². The van der Waals surface area contributed by atoms with Crippen LogP contribution in [0.1, 0.15) is 80.5 Å². The van der Waals surface area contributed by atoms with Crippen LogP contribution in [0.3, 0.4) is 0 Å². The van der Waals surface area contributed by atoms with Crippen LogP contribution < -0.4 is 10.1 Å². The van der Waals surface area contributed by atoms with Crippen molar-refractivity contribution >= 4 is 17.6 Å². The van der Waals surface area contributed by atoms with E-state index in [1.54, 1.807) is 30.3 Å². The molecule has 0 aliphatic heterocycles. The summed E-state index contributed by atoms with van der Waals surface area (Å²) in [6, 6.07) is 14.1. The van der Waals surface area contributed by atoms with Gasteiger partial charge in [0.2, 0.25) is 0 Å². The molecule has 0 spiro atoms. The van der Waals surface area contributed by atoms with E-state index in [-0.39, 0.29) is 11.9 Å². The fraction of sp³-hybridized carbons (Fsp3) is 0.517. The molecule has 2 aromatic rings. The van der Waals surface area contributed by atoms with Gasteiger partial charge in [0.1, 0.15) is 18.9 Å². The van der Waals surface area contributed by atoms with Gasteiger partial charge in [-0.15, -0.1) is 0 Å². The second kappa shape index (κ2) is 15.2. The van der Waals surface area contributed by atoms with Gasteiger partial charge in [-0.2, -0.15) is 0 Å². The van der Waals surface area contributed by atoms with Crippen LogP contribution in [0.5, 0.6) is 5.75 Å². The van der Waals surface area contributed by atoms with Crippen LogP contribution in [0, 0.1) is 0 Å². The molecule has 6 heteroatoms. The molecule has 0 aliphatic rings. The maximum absolute atomic E-state index is 12.8. The first-order valence-electron chi connectivity index (χ1n) is 13.1. The third-order valence-corrected chi connectivity index (χ3v) is 6.60. The van der Waals surface area contributed by atoms with Crippen LogP contribution in [0.25, 0.3) is 0 Å². The van der Waals surface area contributed by atoms with Gasteiger partial charge in [0, 0.05) is 5.69 Å². The summed E-state index contributed by atoms with van der Waals surface area (Å²) in [6.45, 7) is 13.7. The molecule has 192 valence electrons. The van der Waals surface area contributed by atoms with Crippen molar-refractivity contribution in [2.45, 2.75) is 59.8 Å². The zero-order valence-corrected chi connectivity index (χ0v) is 22.0. The first kappa shape index (κ1) is 28.4. The second-order valence-electron chi connectivity index (χ2n) is 8.99. The summed E-state index contributed by atoms with van der Waals surface area (Å²) in [4.78, 5) is 25.3. The Morgan fingerprint density at radius 1 is 0.800 bits per heavy atom. The largest absolute Gasteiger partial charge is 0.493 e. The fourth-order valence-electron chi connectivity index (χ4n) is 4.24. The number of nitrogens with zero attached hydrogens (tertiary/aromatic N) is 1. The molecular weight excluding hydrogens is 440 g/mol.